The molecule has 0 radical (unpaired) electrons. The Morgan fingerprint density at radius 1 is 1.36 bits per heavy atom. The molecule has 9 heteroatoms. The highest BCUT2D eigenvalue weighted by Gasteiger charge is 2.27. The summed E-state index contributed by atoms with van der Waals surface area (Å²) >= 11 is 3.35. The molecule has 8 nitrogen and oxygen atoms in total. The maximum Gasteiger partial charge on any atom is 0.324 e. The van der Waals surface area contributed by atoms with Crippen LogP contribution in [0.15, 0.2) is 22.8 Å². The summed E-state index contributed by atoms with van der Waals surface area (Å²) in [6.07, 6.45) is 2.67. The van der Waals surface area contributed by atoms with E-state index in [1.54, 1.807) is 21.7 Å². The largest absolute Gasteiger partial charge is 0.481 e. The van der Waals surface area contributed by atoms with E-state index in [0.29, 0.717) is 31.6 Å². The SMILES string of the molecule is O=C(O)C1CCN(C(=O)Nc2nc3cc(Br)ccn3n2)CC1. The molecule has 0 aromatic carbocycles. The molecule has 2 N–H and O–H groups in total. The fourth-order valence-corrected chi connectivity index (χ4v) is 2.74. The Morgan fingerprint density at radius 2 is 2.09 bits per heavy atom. The third kappa shape index (κ3) is 3.03. The summed E-state index contributed by atoms with van der Waals surface area (Å²) in [6.45, 7) is 0.837. The molecule has 0 spiro atoms. The second kappa shape index (κ2) is 5.91. The molecule has 2 aromatic heterocycles. The summed E-state index contributed by atoms with van der Waals surface area (Å²) in [6, 6.07) is 3.31. The number of fused-ring (bicyclic) bond motifs is 1. The lowest BCUT2D eigenvalue weighted by Crippen LogP contribution is -2.42. The van der Waals surface area contributed by atoms with Gasteiger partial charge in [-0.25, -0.2) is 9.31 Å². The molecule has 0 bridgehead atoms. The lowest BCUT2D eigenvalue weighted by Gasteiger charge is -2.29. The minimum absolute atomic E-state index is 0.225. The lowest BCUT2D eigenvalue weighted by molar-refractivity contribution is -0.143. The normalized spacial score (nSPS) is 16.0. The van der Waals surface area contributed by atoms with Gasteiger partial charge in [0, 0.05) is 23.8 Å². The monoisotopic (exact) mass is 367 g/mol. The Labute approximate surface area is 134 Å². The molecule has 1 aliphatic heterocycles. The van der Waals surface area contributed by atoms with Crippen molar-refractivity contribution in [2.45, 2.75) is 12.8 Å². The van der Waals surface area contributed by atoms with Gasteiger partial charge in [0.25, 0.3) is 5.95 Å². The van der Waals surface area contributed by atoms with Crippen LogP contribution in [0.1, 0.15) is 12.8 Å². The highest BCUT2D eigenvalue weighted by Crippen LogP contribution is 2.18. The van der Waals surface area contributed by atoms with E-state index in [9.17, 15) is 9.59 Å². The van der Waals surface area contributed by atoms with Crippen LogP contribution in [0.2, 0.25) is 0 Å². The third-order valence-corrected chi connectivity index (χ3v) is 4.14. The molecular weight excluding hydrogens is 354 g/mol. The van der Waals surface area contributed by atoms with Crippen molar-refractivity contribution in [3.63, 3.8) is 0 Å². The number of aliphatic carboxylic acids is 1. The van der Waals surface area contributed by atoms with Gasteiger partial charge in [-0.3, -0.25) is 10.1 Å². The summed E-state index contributed by atoms with van der Waals surface area (Å²) in [5.41, 5.74) is 0.620. The predicted molar refractivity (Wildman–Crippen MR) is 81.6 cm³/mol. The summed E-state index contributed by atoms with van der Waals surface area (Å²) < 4.78 is 2.44. The van der Waals surface area contributed by atoms with Gasteiger partial charge in [-0.15, -0.1) is 5.10 Å². The van der Waals surface area contributed by atoms with Crippen LogP contribution in [0, 0.1) is 5.92 Å². The molecule has 0 unspecified atom stereocenters. The summed E-state index contributed by atoms with van der Waals surface area (Å²) in [4.78, 5) is 28.9. The molecule has 3 heterocycles. The van der Waals surface area contributed by atoms with Crippen molar-refractivity contribution in [2.75, 3.05) is 18.4 Å². The van der Waals surface area contributed by atoms with Crippen molar-refractivity contribution in [3.05, 3.63) is 22.8 Å². The summed E-state index contributed by atoms with van der Waals surface area (Å²) in [5.74, 6) is -0.939. The fourth-order valence-electron chi connectivity index (χ4n) is 2.41. The average Bonchev–Trinajstić information content (AvgIpc) is 2.88. The molecule has 2 aromatic rings. The van der Waals surface area contributed by atoms with Crippen LogP contribution in [0.5, 0.6) is 0 Å². The van der Waals surface area contributed by atoms with Crippen molar-refractivity contribution < 1.29 is 14.7 Å². The number of carbonyl (C=O) groups is 2. The fraction of sp³-hybridized carbons (Fsp3) is 0.385. The van der Waals surface area contributed by atoms with Crippen LogP contribution in [0.3, 0.4) is 0 Å². The Hall–Kier alpha value is -2.16. The molecule has 22 heavy (non-hydrogen) atoms. The minimum Gasteiger partial charge on any atom is -0.481 e. The van der Waals surface area contributed by atoms with Crippen LogP contribution >= 0.6 is 15.9 Å². The Bertz CT molecular complexity index is 724. The van der Waals surface area contributed by atoms with Crippen molar-refractivity contribution in [2.24, 2.45) is 5.92 Å². The zero-order valence-corrected chi connectivity index (χ0v) is 13.2. The van der Waals surface area contributed by atoms with E-state index in [-0.39, 0.29) is 17.9 Å². The van der Waals surface area contributed by atoms with E-state index < -0.39 is 5.97 Å². The van der Waals surface area contributed by atoms with Gasteiger partial charge in [-0.2, -0.15) is 4.98 Å². The summed E-state index contributed by atoms with van der Waals surface area (Å²) in [7, 11) is 0. The standard InChI is InChI=1S/C13H14BrN5O3/c14-9-3-6-19-10(7-9)15-12(17-19)16-13(22)18-4-1-8(2-5-18)11(20)21/h3,6-8H,1-2,4-5H2,(H,20,21)(H,16,17,22). The Kier molecular flexibility index (Phi) is 3.97. The number of hydrogen-bond donors (Lipinski definition) is 2. The molecule has 2 amide bonds. The van der Waals surface area contributed by atoms with Gasteiger partial charge >= 0.3 is 12.0 Å². The number of aromatic nitrogens is 3. The van der Waals surface area contributed by atoms with Crippen molar-refractivity contribution in [3.8, 4) is 0 Å². The highest BCUT2D eigenvalue weighted by molar-refractivity contribution is 9.10. The maximum atomic E-state index is 12.2. The highest BCUT2D eigenvalue weighted by atomic mass is 79.9. The number of urea groups is 1. The number of carboxylic acid groups (broad SMARTS) is 1. The van der Waals surface area contributed by atoms with Crippen molar-refractivity contribution in [1.29, 1.82) is 0 Å². The minimum atomic E-state index is -0.798. The topological polar surface area (TPSA) is 99.8 Å². The van der Waals surface area contributed by atoms with Gasteiger partial charge in [0.2, 0.25) is 0 Å². The number of nitrogens with zero attached hydrogens (tertiary/aromatic N) is 4. The number of rotatable bonds is 2. The van der Waals surface area contributed by atoms with Crippen LogP contribution < -0.4 is 5.32 Å². The Balaban J connectivity index is 1.65. The number of carboxylic acids is 1. The molecule has 1 fully saturated rings. The number of likely N-dealkylation sites (tertiary alicyclic amines) is 1. The number of piperidine rings is 1. The molecule has 0 aliphatic carbocycles. The van der Waals surface area contributed by atoms with Crippen molar-refractivity contribution in [1.82, 2.24) is 19.5 Å². The predicted octanol–water partition coefficient (Wildman–Crippen LogP) is 1.82. The van der Waals surface area contributed by atoms with Gasteiger partial charge < -0.3 is 10.0 Å². The number of carbonyl (C=O) groups excluding carboxylic acids is 1. The molecule has 0 saturated carbocycles. The van der Waals surface area contributed by atoms with Gasteiger partial charge in [0.1, 0.15) is 0 Å². The molecular formula is C13H14BrN5O3. The average molecular weight is 368 g/mol. The van der Waals surface area contributed by atoms with Crippen LogP contribution in [-0.4, -0.2) is 49.7 Å². The number of nitrogens with one attached hydrogen (secondary N) is 1. The van der Waals surface area contributed by atoms with Crippen LogP contribution in [0.4, 0.5) is 10.7 Å². The zero-order valence-electron chi connectivity index (χ0n) is 11.6. The van der Waals surface area contributed by atoms with Gasteiger partial charge in [0.05, 0.1) is 5.92 Å². The first-order valence-electron chi connectivity index (χ1n) is 6.83. The number of halogens is 1. The number of anilines is 1. The third-order valence-electron chi connectivity index (χ3n) is 3.65. The molecule has 1 aliphatic rings. The van der Waals surface area contributed by atoms with Crippen LogP contribution in [0.25, 0.3) is 5.65 Å². The molecule has 3 rings (SSSR count). The first kappa shape index (κ1) is 14.8. The maximum absolute atomic E-state index is 12.2. The summed E-state index contributed by atoms with van der Waals surface area (Å²) in [5, 5.41) is 15.8. The number of hydrogen-bond acceptors (Lipinski definition) is 4. The zero-order chi connectivity index (χ0) is 15.7. The van der Waals surface area contributed by atoms with E-state index in [1.807, 2.05) is 6.07 Å². The number of amides is 2. The van der Waals surface area contributed by atoms with E-state index in [0.717, 1.165) is 4.47 Å². The van der Waals surface area contributed by atoms with E-state index in [4.69, 9.17) is 5.11 Å². The van der Waals surface area contributed by atoms with E-state index >= 15 is 0 Å². The molecule has 116 valence electrons. The second-order valence-corrected chi connectivity index (χ2v) is 6.03. The van der Waals surface area contributed by atoms with Gasteiger partial charge in [0.15, 0.2) is 5.65 Å². The van der Waals surface area contributed by atoms with Crippen molar-refractivity contribution >= 4 is 39.5 Å². The lowest BCUT2D eigenvalue weighted by atomic mass is 9.97. The second-order valence-electron chi connectivity index (χ2n) is 5.11. The van der Waals surface area contributed by atoms with Gasteiger partial charge in [-0.05, 0) is 25.0 Å². The first-order valence-corrected chi connectivity index (χ1v) is 7.63. The van der Waals surface area contributed by atoms with Crippen LogP contribution in [-0.2, 0) is 4.79 Å². The number of pyridine rings is 1. The quantitative estimate of drug-likeness (QED) is 0.842. The van der Waals surface area contributed by atoms with E-state index in [1.165, 1.54) is 0 Å². The van der Waals surface area contributed by atoms with Gasteiger partial charge in [-0.1, -0.05) is 15.9 Å². The first-order chi connectivity index (χ1) is 10.5. The Morgan fingerprint density at radius 3 is 2.77 bits per heavy atom. The molecule has 1 saturated heterocycles. The molecule has 0 atom stereocenters. The smallest absolute Gasteiger partial charge is 0.324 e. The van der Waals surface area contributed by atoms with E-state index in [2.05, 4.69) is 31.3 Å².